The van der Waals surface area contributed by atoms with Crippen LogP contribution in [0.15, 0.2) is 24.3 Å². The maximum Gasteiger partial charge on any atom is 0.224 e. The van der Waals surface area contributed by atoms with Gasteiger partial charge in [0, 0.05) is 0 Å². The normalized spacial score (nSPS) is 11.5. The minimum Gasteiger partial charge on any atom is -0.369 e. The Bertz CT molecular complexity index is 303. The van der Waals surface area contributed by atoms with E-state index < -0.39 is 11.8 Å². The summed E-state index contributed by atoms with van der Waals surface area (Å²) in [6, 6.07) is 5.88. The van der Waals surface area contributed by atoms with Gasteiger partial charge in [-0.3, -0.25) is 4.79 Å². The third-order valence-corrected chi connectivity index (χ3v) is 1.78. The highest BCUT2D eigenvalue weighted by Crippen LogP contribution is 2.14. The van der Waals surface area contributed by atoms with E-state index in [0.717, 1.165) is 0 Å². The number of carbonyl (C=O) groups excluding carboxylic acids is 1. The monoisotopic (exact) mass is 203 g/mol. The molecule has 1 atom stereocenters. The largest absolute Gasteiger partial charge is 0.369 e. The Balaban J connectivity index is 0.00000144. The maximum absolute atomic E-state index is 12.6. The Morgan fingerprint density at radius 2 is 2.15 bits per heavy atom. The van der Waals surface area contributed by atoms with Crippen molar-refractivity contribution in [3.05, 3.63) is 35.6 Å². The molecule has 0 aliphatic carbocycles. The molecule has 0 aliphatic rings. The van der Waals surface area contributed by atoms with Crippen LogP contribution in [0.3, 0.4) is 0 Å². The summed E-state index contributed by atoms with van der Waals surface area (Å²) in [6.45, 7) is 1.65. The Kier molecular flexibility index (Phi) is 4.42. The number of amides is 1. The first-order valence-corrected chi connectivity index (χ1v) is 3.66. The van der Waals surface area contributed by atoms with Gasteiger partial charge in [0.1, 0.15) is 5.82 Å². The van der Waals surface area contributed by atoms with Crippen LogP contribution in [0.5, 0.6) is 0 Å². The molecule has 1 aromatic carbocycles. The van der Waals surface area contributed by atoms with Crippen molar-refractivity contribution in [3.8, 4) is 0 Å². The first-order valence-electron chi connectivity index (χ1n) is 3.66. The highest BCUT2D eigenvalue weighted by atomic mass is 35.5. The molecular weight excluding hydrogens is 193 g/mol. The summed E-state index contributed by atoms with van der Waals surface area (Å²) in [4.78, 5) is 10.7. The van der Waals surface area contributed by atoms with Crippen LogP contribution in [0.1, 0.15) is 18.4 Å². The molecule has 2 nitrogen and oxygen atoms in total. The van der Waals surface area contributed by atoms with Crippen molar-refractivity contribution in [3.63, 3.8) is 0 Å². The van der Waals surface area contributed by atoms with Crippen molar-refractivity contribution in [2.45, 2.75) is 12.8 Å². The summed E-state index contributed by atoms with van der Waals surface area (Å²) in [5, 5.41) is 0. The van der Waals surface area contributed by atoms with E-state index in [2.05, 4.69) is 0 Å². The lowest BCUT2D eigenvalue weighted by Gasteiger charge is -2.06. The summed E-state index contributed by atoms with van der Waals surface area (Å²) in [6.07, 6.45) is 0. The van der Waals surface area contributed by atoms with Gasteiger partial charge in [0.15, 0.2) is 0 Å². The van der Waals surface area contributed by atoms with Crippen molar-refractivity contribution >= 4 is 18.3 Å². The molecule has 0 aliphatic heterocycles. The third-order valence-electron chi connectivity index (χ3n) is 1.78. The molecule has 1 unspecified atom stereocenters. The maximum atomic E-state index is 12.6. The Morgan fingerprint density at radius 3 is 2.62 bits per heavy atom. The van der Waals surface area contributed by atoms with Crippen molar-refractivity contribution in [1.29, 1.82) is 0 Å². The Hall–Kier alpha value is -1.09. The smallest absolute Gasteiger partial charge is 0.224 e. The third kappa shape index (κ3) is 3.03. The SMILES string of the molecule is CC(C(N)=O)c1cccc(F)c1.Cl. The van der Waals surface area contributed by atoms with Crippen molar-refractivity contribution < 1.29 is 9.18 Å². The van der Waals surface area contributed by atoms with Crippen molar-refractivity contribution in [2.24, 2.45) is 5.73 Å². The first kappa shape index (κ1) is 11.9. The van der Waals surface area contributed by atoms with E-state index in [9.17, 15) is 9.18 Å². The molecule has 1 aromatic rings. The van der Waals surface area contributed by atoms with Crippen LogP contribution in [-0.2, 0) is 4.79 Å². The molecule has 13 heavy (non-hydrogen) atoms. The van der Waals surface area contributed by atoms with Crippen LogP contribution >= 0.6 is 12.4 Å². The van der Waals surface area contributed by atoms with E-state index in [0.29, 0.717) is 5.56 Å². The van der Waals surface area contributed by atoms with Crippen LogP contribution in [-0.4, -0.2) is 5.91 Å². The molecular formula is C9H11ClFNO. The number of benzene rings is 1. The average molecular weight is 204 g/mol. The molecule has 0 bridgehead atoms. The van der Waals surface area contributed by atoms with Gasteiger partial charge in [-0.2, -0.15) is 0 Å². The van der Waals surface area contributed by atoms with E-state index in [-0.39, 0.29) is 18.2 Å². The molecule has 0 fully saturated rings. The van der Waals surface area contributed by atoms with Gasteiger partial charge in [0.25, 0.3) is 0 Å². The lowest BCUT2D eigenvalue weighted by atomic mass is 10.0. The zero-order valence-corrected chi connectivity index (χ0v) is 7.98. The molecule has 0 heterocycles. The zero-order valence-electron chi connectivity index (χ0n) is 7.16. The number of hydrogen-bond donors (Lipinski definition) is 1. The summed E-state index contributed by atoms with van der Waals surface area (Å²) in [5.41, 5.74) is 5.67. The van der Waals surface area contributed by atoms with E-state index in [1.54, 1.807) is 19.1 Å². The van der Waals surface area contributed by atoms with E-state index in [1.807, 2.05) is 0 Å². The summed E-state index contributed by atoms with van der Waals surface area (Å²) < 4.78 is 12.6. The van der Waals surface area contributed by atoms with Gasteiger partial charge in [-0.15, -0.1) is 12.4 Å². The highest BCUT2D eigenvalue weighted by Gasteiger charge is 2.11. The van der Waals surface area contributed by atoms with Gasteiger partial charge in [0.05, 0.1) is 5.92 Å². The predicted molar refractivity (Wildman–Crippen MR) is 51.3 cm³/mol. The Labute approximate surface area is 82.3 Å². The molecule has 0 saturated heterocycles. The second-order valence-corrected chi connectivity index (χ2v) is 2.68. The number of rotatable bonds is 2. The lowest BCUT2D eigenvalue weighted by molar-refractivity contribution is -0.119. The predicted octanol–water partition coefficient (Wildman–Crippen LogP) is 1.84. The standard InChI is InChI=1S/C9H10FNO.ClH/c1-6(9(11)12)7-3-2-4-8(10)5-7;/h2-6H,1H3,(H2,11,12);1H. The number of hydrogen-bond acceptors (Lipinski definition) is 1. The summed E-state index contributed by atoms with van der Waals surface area (Å²) in [7, 11) is 0. The molecule has 2 N–H and O–H groups in total. The van der Waals surface area contributed by atoms with Crippen molar-refractivity contribution in [1.82, 2.24) is 0 Å². The highest BCUT2D eigenvalue weighted by molar-refractivity contribution is 5.85. The number of nitrogens with two attached hydrogens (primary N) is 1. The fraction of sp³-hybridized carbons (Fsp3) is 0.222. The summed E-state index contributed by atoms with van der Waals surface area (Å²) in [5.74, 6) is -1.22. The van der Waals surface area contributed by atoms with Gasteiger partial charge in [0.2, 0.25) is 5.91 Å². The molecule has 4 heteroatoms. The summed E-state index contributed by atoms with van der Waals surface area (Å²) >= 11 is 0. The topological polar surface area (TPSA) is 43.1 Å². The van der Waals surface area contributed by atoms with Crippen LogP contribution in [0.2, 0.25) is 0 Å². The molecule has 0 radical (unpaired) electrons. The fourth-order valence-electron chi connectivity index (χ4n) is 0.940. The van der Waals surface area contributed by atoms with E-state index in [1.165, 1.54) is 12.1 Å². The van der Waals surface area contributed by atoms with Gasteiger partial charge in [-0.1, -0.05) is 12.1 Å². The van der Waals surface area contributed by atoms with Crippen LogP contribution in [0, 0.1) is 5.82 Å². The van der Waals surface area contributed by atoms with Crippen LogP contribution < -0.4 is 5.73 Å². The zero-order chi connectivity index (χ0) is 9.14. The number of carbonyl (C=O) groups is 1. The first-order chi connectivity index (χ1) is 5.61. The quantitative estimate of drug-likeness (QED) is 0.783. The van der Waals surface area contributed by atoms with Crippen molar-refractivity contribution in [2.75, 3.05) is 0 Å². The molecule has 0 saturated carbocycles. The number of halogens is 2. The second kappa shape index (κ2) is 4.82. The average Bonchev–Trinajstić information content (AvgIpc) is 2.03. The Morgan fingerprint density at radius 1 is 1.54 bits per heavy atom. The lowest BCUT2D eigenvalue weighted by Crippen LogP contribution is -2.18. The van der Waals surface area contributed by atoms with Crippen LogP contribution in [0.4, 0.5) is 4.39 Å². The van der Waals surface area contributed by atoms with Gasteiger partial charge >= 0.3 is 0 Å². The second-order valence-electron chi connectivity index (χ2n) is 2.68. The van der Waals surface area contributed by atoms with Gasteiger partial charge in [-0.05, 0) is 24.6 Å². The molecule has 0 spiro atoms. The molecule has 72 valence electrons. The van der Waals surface area contributed by atoms with Gasteiger partial charge < -0.3 is 5.73 Å². The van der Waals surface area contributed by atoms with E-state index in [4.69, 9.17) is 5.73 Å². The van der Waals surface area contributed by atoms with Gasteiger partial charge in [-0.25, -0.2) is 4.39 Å². The number of primary amides is 1. The fourth-order valence-corrected chi connectivity index (χ4v) is 0.940. The molecule has 1 amide bonds. The van der Waals surface area contributed by atoms with Crippen LogP contribution in [0.25, 0.3) is 0 Å². The minimum absolute atomic E-state index is 0. The molecule has 1 rings (SSSR count). The minimum atomic E-state index is -0.444. The van der Waals surface area contributed by atoms with E-state index >= 15 is 0 Å². The molecule has 0 aromatic heterocycles.